The molecular weight excluding hydrogens is 447 g/mol. The van der Waals surface area contributed by atoms with E-state index >= 15 is 0 Å². The number of alkyl halides is 3. The third-order valence-electron chi connectivity index (χ3n) is 5.31. The fourth-order valence-electron chi connectivity index (χ4n) is 3.61. The lowest BCUT2D eigenvalue weighted by atomic mass is 10.1. The van der Waals surface area contributed by atoms with Crippen molar-refractivity contribution in [2.24, 2.45) is 0 Å². The van der Waals surface area contributed by atoms with E-state index < -0.39 is 33.3 Å². The number of piperidine rings is 1. The molecule has 4 rings (SSSR count). The van der Waals surface area contributed by atoms with Gasteiger partial charge in [0.05, 0.1) is 15.9 Å². The van der Waals surface area contributed by atoms with Gasteiger partial charge in [-0.15, -0.1) is 0 Å². The normalized spacial score (nSPS) is 15.2. The minimum absolute atomic E-state index is 0.0341. The highest BCUT2D eigenvalue weighted by molar-refractivity contribution is 7.22. The van der Waals surface area contributed by atoms with Crippen LogP contribution in [0.15, 0.2) is 41.2 Å². The molecular formula is C21H18F3N3O4S. The molecule has 0 bridgehead atoms. The lowest BCUT2D eigenvalue weighted by molar-refractivity contribution is -0.383. The smallest absolute Gasteiger partial charge is 0.416 e. The minimum Gasteiger partial charge on any atom is -0.490 e. The van der Waals surface area contributed by atoms with E-state index in [9.17, 15) is 28.1 Å². The second-order valence-corrected chi connectivity index (χ2v) is 8.48. The molecule has 3 aromatic rings. The van der Waals surface area contributed by atoms with Crippen molar-refractivity contribution in [1.29, 1.82) is 0 Å². The molecule has 168 valence electrons. The molecule has 11 heteroatoms. The molecule has 1 fully saturated rings. The van der Waals surface area contributed by atoms with E-state index in [1.807, 2.05) is 36.1 Å². The number of hydrogen-bond donors (Lipinski definition) is 0. The highest BCUT2D eigenvalue weighted by atomic mass is 32.1. The number of anilines is 1. The number of nitrogens with zero attached hydrogens (tertiary/aromatic N) is 3. The number of aromatic nitrogens is 1. The summed E-state index contributed by atoms with van der Waals surface area (Å²) in [6.45, 7) is 2.96. The number of halogens is 3. The lowest BCUT2D eigenvalue weighted by Crippen LogP contribution is -2.39. The van der Waals surface area contributed by atoms with Crippen LogP contribution in [0.2, 0.25) is 0 Å². The van der Waals surface area contributed by atoms with Crippen molar-refractivity contribution in [2.75, 3.05) is 18.0 Å². The summed E-state index contributed by atoms with van der Waals surface area (Å²) >= 11 is 0.854. The molecule has 0 amide bonds. The summed E-state index contributed by atoms with van der Waals surface area (Å²) in [5.74, 6) is 0.801. The van der Waals surface area contributed by atoms with Crippen LogP contribution in [-0.2, 0) is 6.18 Å². The SMILES string of the molecule is Cc1ccccc1OC1CCN(c2nc(=O)c3cc(C(F)(F)F)cc([N+](=O)[O-])c3s2)CC1. The Balaban J connectivity index is 1.60. The zero-order valence-corrected chi connectivity index (χ0v) is 17.7. The quantitative estimate of drug-likeness (QED) is 0.401. The molecule has 1 aliphatic heterocycles. The van der Waals surface area contributed by atoms with Gasteiger partial charge in [-0.05, 0) is 24.6 Å². The number of fused-ring (bicyclic) bond motifs is 1. The first-order valence-corrected chi connectivity index (χ1v) is 10.6. The Morgan fingerprint density at radius 1 is 1.22 bits per heavy atom. The molecule has 1 aliphatic rings. The fraction of sp³-hybridized carbons (Fsp3) is 0.333. The van der Waals surface area contributed by atoms with Crippen LogP contribution in [0.1, 0.15) is 24.0 Å². The molecule has 32 heavy (non-hydrogen) atoms. The van der Waals surface area contributed by atoms with Crippen molar-refractivity contribution in [2.45, 2.75) is 32.0 Å². The van der Waals surface area contributed by atoms with Gasteiger partial charge in [0.1, 0.15) is 16.6 Å². The van der Waals surface area contributed by atoms with Crippen LogP contribution in [-0.4, -0.2) is 29.1 Å². The van der Waals surface area contributed by atoms with Gasteiger partial charge >= 0.3 is 6.18 Å². The zero-order valence-electron chi connectivity index (χ0n) is 16.9. The first-order chi connectivity index (χ1) is 15.1. The Bertz CT molecular complexity index is 1240. The molecule has 7 nitrogen and oxygen atoms in total. The zero-order chi connectivity index (χ0) is 23.0. The molecule has 0 saturated carbocycles. The van der Waals surface area contributed by atoms with Gasteiger partial charge in [0.2, 0.25) is 0 Å². The summed E-state index contributed by atoms with van der Waals surface area (Å²) in [6.07, 6.45) is -3.56. The minimum atomic E-state index is -4.81. The number of hydrogen-bond acceptors (Lipinski definition) is 7. The Hall–Kier alpha value is -3.21. The molecule has 0 aliphatic carbocycles. The van der Waals surface area contributed by atoms with Crippen molar-refractivity contribution in [3.63, 3.8) is 0 Å². The monoisotopic (exact) mass is 465 g/mol. The van der Waals surface area contributed by atoms with Gasteiger partial charge in [0.15, 0.2) is 5.13 Å². The number of aryl methyl sites for hydroxylation is 1. The van der Waals surface area contributed by atoms with Crippen LogP contribution < -0.4 is 15.2 Å². The largest absolute Gasteiger partial charge is 0.490 e. The van der Waals surface area contributed by atoms with Crippen molar-refractivity contribution in [3.8, 4) is 5.75 Å². The summed E-state index contributed by atoms with van der Waals surface area (Å²) in [4.78, 5) is 28.8. The first-order valence-electron chi connectivity index (χ1n) is 9.81. The van der Waals surface area contributed by atoms with Gasteiger partial charge in [-0.25, -0.2) is 0 Å². The van der Waals surface area contributed by atoms with Crippen LogP contribution in [0.3, 0.4) is 0 Å². The maximum Gasteiger partial charge on any atom is 0.416 e. The van der Waals surface area contributed by atoms with E-state index in [-0.39, 0.29) is 15.9 Å². The fourth-order valence-corrected chi connectivity index (χ4v) is 4.73. The number of ether oxygens (including phenoxy) is 1. The maximum atomic E-state index is 13.1. The predicted octanol–water partition coefficient (Wildman–Crippen LogP) is 4.94. The third-order valence-corrected chi connectivity index (χ3v) is 6.48. The van der Waals surface area contributed by atoms with Crippen molar-refractivity contribution in [1.82, 2.24) is 4.98 Å². The Morgan fingerprint density at radius 3 is 2.53 bits per heavy atom. The summed E-state index contributed by atoms with van der Waals surface area (Å²) in [5.41, 5.74) is -1.89. The molecule has 1 aromatic heterocycles. The lowest BCUT2D eigenvalue weighted by Gasteiger charge is -2.32. The average molecular weight is 465 g/mol. The van der Waals surface area contributed by atoms with Crippen LogP contribution in [0.5, 0.6) is 5.75 Å². The summed E-state index contributed by atoms with van der Waals surface area (Å²) < 4.78 is 45.3. The molecule has 0 N–H and O–H groups in total. The van der Waals surface area contributed by atoms with Gasteiger partial charge in [-0.1, -0.05) is 29.5 Å². The van der Waals surface area contributed by atoms with Crippen molar-refractivity contribution in [3.05, 3.63) is 68.0 Å². The Morgan fingerprint density at radius 2 is 1.91 bits per heavy atom. The first kappa shape index (κ1) is 22.0. The van der Waals surface area contributed by atoms with Gasteiger partial charge in [0.25, 0.3) is 11.2 Å². The van der Waals surface area contributed by atoms with Crippen molar-refractivity contribution >= 4 is 32.2 Å². The molecule has 0 atom stereocenters. The Kier molecular flexibility index (Phi) is 5.76. The predicted molar refractivity (Wildman–Crippen MR) is 115 cm³/mol. The summed E-state index contributed by atoms with van der Waals surface area (Å²) in [5, 5.41) is 11.3. The van der Waals surface area contributed by atoms with Gasteiger partial charge < -0.3 is 9.64 Å². The number of para-hydroxylation sites is 1. The molecule has 0 unspecified atom stereocenters. The van der Waals surface area contributed by atoms with E-state index in [1.165, 1.54) is 0 Å². The molecule has 1 saturated heterocycles. The van der Waals surface area contributed by atoms with Crippen molar-refractivity contribution < 1.29 is 22.8 Å². The number of rotatable bonds is 4. The standard InChI is InChI=1S/C21H18F3N3O4S/c1-12-4-2-3-5-17(12)31-14-6-8-26(9-7-14)20-25-19(28)15-10-13(21(22,23)24)11-16(27(29)30)18(15)32-20/h2-5,10-11,14H,6-9H2,1H3. The number of benzene rings is 2. The van der Waals surface area contributed by atoms with Crippen LogP contribution in [0, 0.1) is 17.0 Å². The molecule has 2 aromatic carbocycles. The summed E-state index contributed by atoms with van der Waals surface area (Å²) in [6, 6.07) is 8.76. The molecule has 0 radical (unpaired) electrons. The van der Waals surface area contributed by atoms with Crippen LogP contribution in [0.4, 0.5) is 24.0 Å². The number of nitro groups is 1. The summed E-state index contributed by atoms with van der Waals surface area (Å²) in [7, 11) is 0. The van der Waals surface area contributed by atoms with E-state index in [0.717, 1.165) is 22.6 Å². The van der Waals surface area contributed by atoms with E-state index in [4.69, 9.17) is 4.74 Å². The molecule has 2 heterocycles. The highest BCUT2D eigenvalue weighted by Gasteiger charge is 2.34. The second kappa shape index (κ2) is 8.38. The third kappa shape index (κ3) is 4.38. The second-order valence-electron chi connectivity index (χ2n) is 7.50. The van der Waals surface area contributed by atoms with E-state index in [0.29, 0.717) is 38.1 Å². The van der Waals surface area contributed by atoms with E-state index in [2.05, 4.69) is 4.98 Å². The highest BCUT2D eigenvalue weighted by Crippen LogP contribution is 2.38. The van der Waals surface area contributed by atoms with Crippen LogP contribution in [0.25, 0.3) is 10.1 Å². The average Bonchev–Trinajstić information content (AvgIpc) is 2.74. The molecule has 0 spiro atoms. The Labute approximate surface area is 184 Å². The van der Waals surface area contributed by atoms with Gasteiger partial charge in [0, 0.05) is 32.0 Å². The maximum absolute atomic E-state index is 13.1. The van der Waals surface area contributed by atoms with Gasteiger partial charge in [-0.2, -0.15) is 18.2 Å². The van der Waals surface area contributed by atoms with E-state index in [1.54, 1.807) is 0 Å². The van der Waals surface area contributed by atoms with Gasteiger partial charge in [-0.3, -0.25) is 14.9 Å². The number of nitro benzene ring substituents is 1. The number of non-ortho nitro benzene ring substituents is 1. The van der Waals surface area contributed by atoms with Crippen LogP contribution >= 0.6 is 11.3 Å². The topological polar surface area (TPSA) is 85.6 Å².